The number of benzene rings is 2. The molecule has 0 amide bonds. The Hall–Kier alpha value is -2.78. The van der Waals surface area contributed by atoms with E-state index in [4.69, 9.17) is 11.6 Å². The van der Waals surface area contributed by atoms with Crippen molar-refractivity contribution in [3.05, 3.63) is 108 Å². The second kappa shape index (κ2) is 6.38. The van der Waals surface area contributed by atoms with Crippen LogP contribution in [0.1, 0.15) is 17.2 Å². The predicted molar refractivity (Wildman–Crippen MR) is 96.7 cm³/mol. The Kier molecular flexibility index (Phi) is 3.93. The van der Waals surface area contributed by atoms with Crippen LogP contribution < -0.4 is 0 Å². The summed E-state index contributed by atoms with van der Waals surface area (Å²) in [5.74, 6) is 0. The highest BCUT2D eigenvalue weighted by Gasteiger charge is 2.17. The van der Waals surface area contributed by atoms with E-state index < -0.39 is 0 Å². The third-order valence-electron chi connectivity index (χ3n) is 4.09. The first kappa shape index (κ1) is 14.8. The lowest BCUT2D eigenvalue weighted by Gasteiger charge is -2.18. The average Bonchev–Trinajstić information content (AvgIpc) is 3.30. The summed E-state index contributed by atoms with van der Waals surface area (Å²) in [6.45, 7) is 0. The van der Waals surface area contributed by atoms with Crippen molar-refractivity contribution in [1.29, 1.82) is 0 Å². The van der Waals surface area contributed by atoms with Gasteiger partial charge in [0.25, 0.3) is 0 Å². The molecule has 0 fully saturated rings. The van der Waals surface area contributed by atoms with Gasteiger partial charge in [-0.25, -0.2) is 4.98 Å². The quantitative estimate of drug-likeness (QED) is 0.517. The van der Waals surface area contributed by atoms with Gasteiger partial charge < -0.3 is 9.13 Å². The highest BCUT2D eigenvalue weighted by molar-refractivity contribution is 6.30. The zero-order valence-corrected chi connectivity index (χ0v) is 13.7. The number of rotatable bonds is 4. The predicted octanol–water partition coefficient (Wildman–Crippen LogP) is 4.96. The smallest absolute Gasteiger partial charge is 0.0954 e. The summed E-state index contributed by atoms with van der Waals surface area (Å²) in [6.07, 6.45) is 9.88. The number of halogens is 1. The second-order valence-electron chi connectivity index (χ2n) is 5.65. The number of hydrogen-bond donors (Lipinski definition) is 0. The van der Waals surface area contributed by atoms with Gasteiger partial charge in [0.1, 0.15) is 0 Å². The van der Waals surface area contributed by atoms with Crippen molar-refractivity contribution in [2.75, 3.05) is 0 Å². The lowest BCUT2D eigenvalue weighted by molar-refractivity contribution is 0.676. The van der Waals surface area contributed by atoms with Crippen LogP contribution in [0.2, 0.25) is 5.02 Å². The Morgan fingerprint density at radius 1 is 0.833 bits per heavy atom. The molecule has 0 spiro atoms. The van der Waals surface area contributed by atoms with Gasteiger partial charge in [-0.1, -0.05) is 41.9 Å². The Morgan fingerprint density at radius 2 is 1.62 bits per heavy atom. The number of para-hydroxylation sites is 1. The summed E-state index contributed by atoms with van der Waals surface area (Å²) < 4.78 is 4.24. The molecule has 24 heavy (non-hydrogen) atoms. The van der Waals surface area contributed by atoms with Gasteiger partial charge in [0.05, 0.1) is 12.4 Å². The highest BCUT2D eigenvalue weighted by atomic mass is 35.5. The summed E-state index contributed by atoms with van der Waals surface area (Å²) in [6, 6.07) is 20.5. The van der Waals surface area contributed by atoms with E-state index in [1.54, 1.807) is 6.20 Å². The third kappa shape index (κ3) is 2.86. The summed E-state index contributed by atoms with van der Waals surface area (Å²) in [5, 5.41) is 0.741. The van der Waals surface area contributed by atoms with E-state index in [0.29, 0.717) is 0 Å². The molecule has 0 aliphatic heterocycles. The molecule has 4 rings (SSSR count). The van der Waals surface area contributed by atoms with Gasteiger partial charge in [-0.15, -0.1) is 0 Å². The standard InChI is InChI=1S/C20H16ClN3/c21-18-8-6-16(7-9-18)20(24-13-11-22-15-24)17-10-12-23(14-17)19-4-2-1-3-5-19/h1-15,20H. The fourth-order valence-electron chi connectivity index (χ4n) is 2.94. The maximum absolute atomic E-state index is 6.05. The molecule has 3 nitrogen and oxygen atoms in total. The summed E-state index contributed by atoms with van der Waals surface area (Å²) in [4.78, 5) is 4.21. The molecule has 1 atom stereocenters. The summed E-state index contributed by atoms with van der Waals surface area (Å²) in [7, 11) is 0. The minimum atomic E-state index is 0.0646. The van der Waals surface area contributed by atoms with Crippen molar-refractivity contribution < 1.29 is 0 Å². The number of nitrogens with zero attached hydrogens (tertiary/aromatic N) is 3. The Labute approximate surface area is 145 Å². The molecule has 1 unspecified atom stereocenters. The molecule has 118 valence electrons. The second-order valence-corrected chi connectivity index (χ2v) is 6.09. The van der Waals surface area contributed by atoms with Gasteiger partial charge in [-0.3, -0.25) is 0 Å². The third-order valence-corrected chi connectivity index (χ3v) is 4.35. The van der Waals surface area contributed by atoms with Gasteiger partial charge in [0.15, 0.2) is 0 Å². The molecule has 4 heteroatoms. The van der Waals surface area contributed by atoms with Crippen LogP contribution in [0.25, 0.3) is 5.69 Å². The van der Waals surface area contributed by atoms with E-state index >= 15 is 0 Å². The molecule has 0 saturated heterocycles. The fourth-order valence-corrected chi connectivity index (χ4v) is 3.07. The van der Waals surface area contributed by atoms with E-state index in [1.807, 2.05) is 42.9 Å². The van der Waals surface area contributed by atoms with Gasteiger partial charge >= 0.3 is 0 Å². The molecule has 2 heterocycles. The van der Waals surface area contributed by atoms with Crippen molar-refractivity contribution in [2.45, 2.75) is 6.04 Å². The first-order valence-corrected chi connectivity index (χ1v) is 8.15. The summed E-state index contributed by atoms with van der Waals surface area (Å²) in [5.41, 5.74) is 3.51. The van der Waals surface area contributed by atoms with Crippen molar-refractivity contribution in [3.8, 4) is 5.69 Å². The lowest BCUT2D eigenvalue weighted by Crippen LogP contribution is -2.09. The van der Waals surface area contributed by atoms with Crippen molar-refractivity contribution in [1.82, 2.24) is 14.1 Å². The molecule has 0 N–H and O–H groups in total. The normalized spacial score (nSPS) is 12.2. The zero-order valence-electron chi connectivity index (χ0n) is 13.0. The molecular formula is C20H16ClN3. The van der Waals surface area contributed by atoms with Crippen LogP contribution in [0, 0.1) is 0 Å². The van der Waals surface area contributed by atoms with Crippen LogP contribution in [0.5, 0.6) is 0 Å². The SMILES string of the molecule is Clc1ccc(C(c2ccn(-c3ccccc3)c2)n2ccnc2)cc1. The van der Waals surface area contributed by atoms with E-state index in [1.165, 1.54) is 11.1 Å². The van der Waals surface area contributed by atoms with Crippen molar-refractivity contribution in [2.24, 2.45) is 0 Å². The first-order valence-electron chi connectivity index (χ1n) is 7.77. The van der Waals surface area contributed by atoms with Crippen molar-refractivity contribution in [3.63, 3.8) is 0 Å². The molecule has 2 aromatic heterocycles. The molecule has 0 aliphatic carbocycles. The molecule has 4 aromatic rings. The number of hydrogen-bond acceptors (Lipinski definition) is 1. The highest BCUT2D eigenvalue weighted by Crippen LogP contribution is 2.28. The maximum atomic E-state index is 6.05. The molecule has 0 bridgehead atoms. The monoisotopic (exact) mass is 333 g/mol. The van der Waals surface area contributed by atoms with E-state index in [2.05, 4.69) is 56.8 Å². The maximum Gasteiger partial charge on any atom is 0.0954 e. The minimum absolute atomic E-state index is 0.0646. The van der Waals surface area contributed by atoms with Gasteiger partial charge in [-0.05, 0) is 41.5 Å². The van der Waals surface area contributed by atoms with Crippen LogP contribution >= 0.6 is 11.6 Å². The van der Waals surface area contributed by atoms with Crippen LogP contribution in [-0.4, -0.2) is 14.1 Å². The molecule has 0 saturated carbocycles. The van der Waals surface area contributed by atoms with E-state index in [9.17, 15) is 0 Å². The Morgan fingerprint density at radius 3 is 2.33 bits per heavy atom. The molecule has 0 aliphatic rings. The van der Waals surface area contributed by atoms with E-state index in [0.717, 1.165) is 10.7 Å². The topological polar surface area (TPSA) is 22.8 Å². The molecule has 2 aromatic carbocycles. The van der Waals surface area contributed by atoms with Crippen LogP contribution in [0.3, 0.4) is 0 Å². The van der Waals surface area contributed by atoms with Crippen LogP contribution in [0.15, 0.2) is 91.8 Å². The average molecular weight is 334 g/mol. The lowest BCUT2D eigenvalue weighted by atomic mass is 10.0. The Bertz CT molecular complexity index is 909. The largest absolute Gasteiger partial charge is 0.326 e. The van der Waals surface area contributed by atoms with Crippen LogP contribution in [-0.2, 0) is 0 Å². The van der Waals surface area contributed by atoms with Crippen LogP contribution in [0.4, 0.5) is 0 Å². The Balaban J connectivity index is 1.77. The number of imidazole rings is 1. The van der Waals surface area contributed by atoms with Gasteiger partial charge in [0.2, 0.25) is 0 Å². The summed E-state index contributed by atoms with van der Waals surface area (Å²) >= 11 is 6.05. The van der Waals surface area contributed by atoms with E-state index in [-0.39, 0.29) is 6.04 Å². The van der Waals surface area contributed by atoms with Gasteiger partial charge in [0, 0.05) is 35.5 Å². The molecule has 0 radical (unpaired) electrons. The van der Waals surface area contributed by atoms with Gasteiger partial charge in [-0.2, -0.15) is 0 Å². The molecular weight excluding hydrogens is 318 g/mol. The number of aromatic nitrogens is 3. The zero-order chi connectivity index (χ0) is 16.4. The van der Waals surface area contributed by atoms with Crippen molar-refractivity contribution >= 4 is 11.6 Å². The first-order chi connectivity index (χ1) is 11.8. The fraction of sp³-hybridized carbons (Fsp3) is 0.0500. The minimum Gasteiger partial charge on any atom is -0.326 e.